The lowest BCUT2D eigenvalue weighted by atomic mass is 9.91. The Balaban J connectivity index is 1.50. The van der Waals surface area contributed by atoms with E-state index in [1.807, 2.05) is 0 Å². The average Bonchev–Trinajstić information content (AvgIpc) is 3.16. The van der Waals surface area contributed by atoms with Gasteiger partial charge in [-0.3, -0.25) is 9.79 Å². The maximum absolute atomic E-state index is 12.4. The number of hydrogen-bond acceptors (Lipinski definition) is 4. The number of amides is 1. The molecule has 2 bridgehead atoms. The van der Waals surface area contributed by atoms with Gasteiger partial charge < -0.3 is 10.6 Å². The number of aliphatic imine (C=N–C) groups is 1. The van der Waals surface area contributed by atoms with Gasteiger partial charge in [0.15, 0.2) is 5.17 Å². The van der Waals surface area contributed by atoms with E-state index in [-0.39, 0.29) is 10.7 Å². The van der Waals surface area contributed by atoms with Crippen molar-refractivity contribution in [3.63, 3.8) is 0 Å². The first kappa shape index (κ1) is 13.1. The Hall–Kier alpha value is -0.550. The lowest BCUT2D eigenvalue weighted by Gasteiger charge is -2.25. The summed E-state index contributed by atoms with van der Waals surface area (Å²) in [7, 11) is 0. The molecule has 2 aliphatic carbocycles. The van der Waals surface area contributed by atoms with Crippen LogP contribution in [-0.4, -0.2) is 35.0 Å². The van der Waals surface area contributed by atoms with Gasteiger partial charge in [0.1, 0.15) is 4.75 Å². The highest BCUT2D eigenvalue weighted by Crippen LogP contribution is 2.47. The molecule has 2 heterocycles. The number of hydrogen-bond donors (Lipinski definition) is 2. The molecular weight excluding hydrogens is 270 g/mol. The molecule has 4 aliphatic rings. The van der Waals surface area contributed by atoms with Gasteiger partial charge in [-0.2, -0.15) is 0 Å². The Morgan fingerprint density at radius 3 is 2.85 bits per heavy atom. The zero-order valence-corrected chi connectivity index (χ0v) is 12.8. The van der Waals surface area contributed by atoms with Gasteiger partial charge in [-0.1, -0.05) is 18.2 Å². The van der Waals surface area contributed by atoms with Crippen molar-refractivity contribution >= 4 is 22.8 Å². The van der Waals surface area contributed by atoms with Crippen molar-refractivity contribution in [2.24, 2.45) is 22.7 Å². The largest absolute Gasteiger partial charge is 0.316 e. The Labute approximate surface area is 124 Å². The molecule has 0 spiro atoms. The second-order valence-corrected chi connectivity index (χ2v) is 8.47. The van der Waals surface area contributed by atoms with Crippen LogP contribution in [0.1, 0.15) is 39.0 Å². The smallest absolute Gasteiger partial charge is 0.242 e. The number of nitrogens with one attached hydrogen (secondary N) is 2. The minimum Gasteiger partial charge on any atom is -0.316 e. The highest BCUT2D eigenvalue weighted by Gasteiger charge is 2.50. The van der Waals surface area contributed by atoms with E-state index in [4.69, 9.17) is 4.99 Å². The van der Waals surface area contributed by atoms with Crippen molar-refractivity contribution in [1.82, 2.24) is 10.6 Å². The zero-order valence-electron chi connectivity index (χ0n) is 12.0. The maximum Gasteiger partial charge on any atom is 0.242 e. The predicted molar refractivity (Wildman–Crippen MR) is 81.8 cm³/mol. The SMILES string of the molecule is CC1(C2CCNC2)SC(=NC2CC3CCC2C3)NC1=O. The van der Waals surface area contributed by atoms with Crippen LogP contribution in [-0.2, 0) is 4.79 Å². The normalized spacial score (nSPS) is 49.2. The molecule has 2 N–H and O–H groups in total. The molecule has 0 aromatic heterocycles. The highest BCUT2D eigenvalue weighted by molar-refractivity contribution is 8.16. The average molecular weight is 293 g/mol. The number of carbonyl (C=O) groups excluding carboxylic acids is 1. The fourth-order valence-corrected chi connectivity index (χ4v) is 5.71. The fraction of sp³-hybridized carbons (Fsp3) is 0.867. The van der Waals surface area contributed by atoms with E-state index in [0.29, 0.717) is 12.0 Å². The standard InChI is InChI=1S/C15H23N3OS/c1-15(11-4-5-16-8-11)13(19)18-14(20-15)17-12-7-9-2-3-10(12)6-9/h9-12,16H,2-8H2,1H3,(H,17,18,19). The summed E-state index contributed by atoms with van der Waals surface area (Å²) in [6, 6.07) is 0.473. The van der Waals surface area contributed by atoms with E-state index >= 15 is 0 Å². The molecule has 2 saturated heterocycles. The molecule has 5 heteroatoms. The van der Waals surface area contributed by atoms with Crippen LogP contribution in [0.25, 0.3) is 0 Å². The van der Waals surface area contributed by atoms with Gasteiger partial charge in [0.05, 0.1) is 6.04 Å². The van der Waals surface area contributed by atoms with Crippen LogP contribution in [0.15, 0.2) is 4.99 Å². The summed E-state index contributed by atoms with van der Waals surface area (Å²) < 4.78 is -0.319. The summed E-state index contributed by atoms with van der Waals surface area (Å²) >= 11 is 1.68. The fourth-order valence-electron chi connectivity index (χ4n) is 4.47. The van der Waals surface area contributed by atoms with Crippen molar-refractivity contribution in [1.29, 1.82) is 0 Å². The lowest BCUT2D eigenvalue weighted by molar-refractivity contribution is -0.122. The summed E-state index contributed by atoms with van der Waals surface area (Å²) in [6.45, 7) is 4.08. The summed E-state index contributed by atoms with van der Waals surface area (Å²) in [5.74, 6) is 2.28. The van der Waals surface area contributed by atoms with Crippen LogP contribution in [0.2, 0.25) is 0 Å². The zero-order chi connectivity index (χ0) is 13.7. The van der Waals surface area contributed by atoms with Crippen molar-refractivity contribution < 1.29 is 4.79 Å². The number of nitrogens with zero attached hydrogens (tertiary/aromatic N) is 1. The molecule has 1 amide bonds. The van der Waals surface area contributed by atoms with Crippen LogP contribution < -0.4 is 10.6 Å². The highest BCUT2D eigenvalue weighted by atomic mass is 32.2. The van der Waals surface area contributed by atoms with E-state index in [1.165, 1.54) is 25.7 Å². The van der Waals surface area contributed by atoms with Crippen LogP contribution in [0.3, 0.4) is 0 Å². The first-order valence-corrected chi connectivity index (χ1v) is 8.76. The quantitative estimate of drug-likeness (QED) is 0.816. The monoisotopic (exact) mass is 293 g/mol. The van der Waals surface area contributed by atoms with Crippen LogP contribution in [0.4, 0.5) is 0 Å². The third kappa shape index (κ3) is 2.01. The summed E-state index contributed by atoms with van der Waals surface area (Å²) in [5, 5.41) is 7.32. The number of thioether (sulfide) groups is 1. The van der Waals surface area contributed by atoms with Crippen LogP contribution >= 0.6 is 11.8 Å². The van der Waals surface area contributed by atoms with Crippen LogP contribution in [0.5, 0.6) is 0 Å². The number of carbonyl (C=O) groups is 1. The minimum absolute atomic E-state index is 0.165. The third-order valence-corrected chi connectivity index (χ3v) is 7.15. The molecular formula is C15H23N3OS. The topological polar surface area (TPSA) is 53.5 Å². The van der Waals surface area contributed by atoms with Crippen molar-refractivity contribution in [3.05, 3.63) is 0 Å². The van der Waals surface area contributed by atoms with E-state index in [2.05, 4.69) is 17.6 Å². The molecule has 0 aromatic rings. The molecule has 2 saturated carbocycles. The minimum atomic E-state index is -0.319. The Morgan fingerprint density at radius 2 is 2.20 bits per heavy atom. The van der Waals surface area contributed by atoms with Crippen molar-refractivity contribution in [3.8, 4) is 0 Å². The third-order valence-electron chi connectivity index (χ3n) is 5.80. The number of rotatable bonds is 2. The molecule has 5 unspecified atom stereocenters. The summed E-state index contributed by atoms with van der Waals surface area (Å²) in [6.07, 6.45) is 6.44. The Morgan fingerprint density at radius 1 is 1.30 bits per heavy atom. The molecule has 4 rings (SSSR count). The van der Waals surface area contributed by atoms with Gasteiger partial charge in [0.2, 0.25) is 5.91 Å². The van der Waals surface area contributed by atoms with Gasteiger partial charge in [0.25, 0.3) is 0 Å². The lowest BCUT2D eigenvalue weighted by Crippen LogP contribution is -2.41. The molecule has 4 nitrogen and oxygen atoms in total. The van der Waals surface area contributed by atoms with E-state index in [1.54, 1.807) is 11.8 Å². The van der Waals surface area contributed by atoms with E-state index in [9.17, 15) is 4.79 Å². The molecule has 2 aliphatic heterocycles. The maximum atomic E-state index is 12.4. The van der Waals surface area contributed by atoms with Gasteiger partial charge in [-0.25, -0.2) is 0 Å². The predicted octanol–water partition coefficient (Wildman–Crippen LogP) is 1.76. The Kier molecular flexibility index (Phi) is 3.11. The molecule has 0 aromatic carbocycles. The molecule has 0 radical (unpaired) electrons. The first-order valence-electron chi connectivity index (χ1n) is 7.94. The van der Waals surface area contributed by atoms with Gasteiger partial charge in [-0.15, -0.1) is 0 Å². The van der Waals surface area contributed by atoms with Crippen molar-refractivity contribution in [2.45, 2.75) is 49.8 Å². The number of fused-ring (bicyclic) bond motifs is 2. The summed E-state index contributed by atoms with van der Waals surface area (Å²) in [5.41, 5.74) is 0. The van der Waals surface area contributed by atoms with Gasteiger partial charge in [0, 0.05) is 0 Å². The number of amidine groups is 1. The van der Waals surface area contributed by atoms with Gasteiger partial charge in [-0.05, 0) is 63.5 Å². The molecule has 5 atom stereocenters. The van der Waals surface area contributed by atoms with Gasteiger partial charge >= 0.3 is 0 Å². The van der Waals surface area contributed by atoms with E-state index in [0.717, 1.165) is 36.5 Å². The summed E-state index contributed by atoms with van der Waals surface area (Å²) in [4.78, 5) is 17.3. The molecule has 110 valence electrons. The Bertz CT molecular complexity index is 460. The van der Waals surface area contributed by atoms with Crippen LogP contribution in [0, 0.1) is 17.8 Å². The second-order valence-electron chi connectivity index (χ2n) is 7.03. The first-order chi connectivity index (χ1) is 9.65. The second kappa shape index (κ2) is 4.73. The molecule has 20 heavy (non-hydrogen) atoms. The van der Waals surface area contributed by atoms with E-state index < -0.39 is 0 Å². The van der Waals surface area contributed by atoms with Crippen molar-refractivity contribution in [2.75, 3.05) is 13.1 Å². The molecule has 4 fully saturated rings.